The van der Waals surface area contributed by atoms with Gasteiger partial charge < -0.3 is 15.8 Å². The second-order valence-electron chi connectivity index (χ2n) is 4.91. The van der Waals surface area contributed by atoms with E-state index in [1.807, 2.05) is 31.2 Å². The van der Waals surface area contributed by atoms with Crippen LogP contribution >= 0.6 is 0 Å². The molecule has 0 saturated heterocycles. The number of methoxy groups -OCH3 is 1. The Morgan fingerprint density at radius 1 is 1.37 bits per heavy atom. The molecule has 0 saturated carbocycles. The van der Waals surface area contributed by atoms with Crippen LogP contribution in [0.3, 0.4) is 0 Å². The monoisotopic (exact) mass is 264 g/mol. The number of hydrogen-bond acceptors (Lipinski definition) is 3. The zero-order valence-corrected chi connectivity index (χ0v) is 12.0. The number of carbonyl (C=O) groups excluding carboxylic acids is 1. The fourth-order valence-corrected chi connectivity index (χ4v) is 1.91. The Morgan fingerprint density at radius 2 is 2.05 bits per heavy atom. The van der Waals surface area contributed by atoms with E-state index in [4.69, 9.17) is 10.5 Å². The third kappa shape index (κ3) is 4.91. The van der Waals surface area contributed by atoms with Gasteiger partial charge in [0.2, 0.25) is 5.91 Å². The second-order valence-corrected chi connectivity index (χ2v) is 4.91. The van der Waals surface area contributed by atoms with Gasteiger partial charge in [-0.1, -0.05) is 25.1 Å². The molecule has 0 fully saturated rings. The van der Waals surface area contributed by atoms with E-state index in [0.717, 1.165) is 17.7 Å². The number of amides is 1. The van der Waals surface area contributed by atoms with Crippen molar-refractivity contribution in [2.24, 2.45) is 11.7 Å². The van der Waals surface area contributed by atoms with E-state index in [0.29, 0.717) is 18.9 Å². The van der Waals surface area contributed by atoms with Gasteiger partial charge in [-0.3, -0.25) is 4.79 Å². The van der Waals surface area contributed by atoms with E-state index >= 15 is 0 Å². The minimum Gasteiger partial charge on any atom is -0.496 e. The highest BCUT2D eigenvalue weighted by Crippen LogP contribution is 2.24. The number of hydrogen-bond donors (Lipinski definition) is 2. The summed E-state index contributed by atoms with van der Waals surface area (Å²) in [7, 11) is 1.64. The fraction of sp³-hybridized carbons (Fsp3) is 0.533. The van der Waals surface area contributed by atoms with E-state index in [1.165, 1.54) is 0 Å². The second kappa shape index (κ2) is 7.79. The zero-order chi connectivity index (χ0) is 14.3. The Morgan fingerprint density at radius 3 is 2.68 bits per heavy atom. The molecule has 2 unspecified atom stereocenters. The molecule has 3 N–H and O–H groups in total. The number of carbonyl (C=O) groups is 1. The van der Waals surface area contributed by atoms with Crippen molar-refractivity contribution in [2.45, 2.75) is 32.7 Å². The molecule has 0 heterocycles. The topological polar surface area (TPSA) is 64.3 Å². The van der Waals surface area contributed by atoms with Gasteiger partial charge in [-0.05, 0) is 31.9 Å². The highest BCUT2D eigenvalue weighted by Gasteiger charge is 2.13. The lowest BCUT2D eigenvalue weighted by molar-refractivity contribution is -0.122. The molecule has 0 aliphatic carbocycles. The molecule has 4 nitrogen and oxygen atoms in total. The normalized spacial score (nSPS) is 13.7. The first-order valence-electron chi connectivity index (χ1n) is 6.70. The number of nitrogens with one attached hydrogen (secondary N) is 1. The largest absolute Gasteiger partial charge is 0.496 e. The van der Waals surface area contributed by atoms with Crippen molar-refractivity contribution in [3.05, 3.63) is 29.8 Å². The summed E-state index contributed by atoms with van der Waals surface area (Å²) in [4.78, 5) is 11.9. The predicted molar refractivity (Wildman–Crippen MR) is 77.0 cm³/mol. The van der Waals surface area contributed by atoms with Gasteiger partial charge in [-0.25, -0.2) is 0 Å². The van der Waals surface area contributed by atoms with E-state index in [1.54, 1.807) is 7.11 Å². The Kier molecular flexibility index (Phi) is 6.36. The molecule has 4 heteroatoms. The first-order chi connectivity index (χ1) is 9.08. The van der Waals surface area contributed by atoms with Crippen molar-refractivity contribution < 1.29 is 9.53 Å². The smallest absolute Gasteiger partial charge is 0.220 e. The van der Waals surface area contributed by atoms with Crippen molar-refractivity contribution in [1.82, 2.24) is 5.32 Å². The first-order valence-corrected chi connectivity index (χ1v) is 6.70. The maximum atomic E-state index is 11.9. The molecule has 0 radical (unpaired) electrons. The maximum absolute atomic E-state index is 11.9. The summed E-state index contributed by atoms with van der Waals surface area (Å²) in [6, 6.07) is 7.66. The van der Waals surface area contributed by atoms with Crippen molar-refractivity contribution >= 4 is 5.91 Å². The molecule has 1 aromatic rings. The Labute approximate surface area is 115 Å². The molecule has 19 heavy (non-hydrogen) atoms. The lowest BCUT2D eigenvalue weighted by Crippen LogP contribution is -2.27. The first kappa shape index (κ1) is 15.5. The van der Waals surface area contributed by atoms with Crippen LogP contribution in [0.15, 0.2) is 24.3 Å². The van der Waals surface area contributed by atoms with Gasteiger partial charge in [0.15, 0.2) is 0 Å². The van der Waals surface area contributed by atoms with Gasteiger partial charge in [0, 0.05) is 12.0 Å². The van der Waals surface area contributed by atoms with Crippen molar-refractivity contribution in [2.75, 3.05) is 13.7 Å². The summed E-state index contributed by atoms with van der Waals surface area (Å²) in [5.74, 6) is 1.23. The van der Waals surface area contributed by atoms with E-state index in [2.05, 4.69) is 12.2 Å². The predicted octanol–water partition coefficient (Wildman–Crippen LogP) is 2.25. The zero-order valence-electron chi connectivity index (χ0n) is 12.0. The number of ether oxygens (including phenoxy) is 1. The van der Waals surface area contributed by atoms with Crippen LogP contribution in [0.1, 0.15) is 38.3 Å². The molecule has 0 bridgehead atoms. The van der Waals surface area contributed by atoms with Crippen LogP contribution in [-0.2, 0) is 4.79 Å². The van der Waals surface area contributed by atoms with Crippen molar-refractivity contribution in [3.63, 3.8) is 0 Å². The SMILES string of the molecule is COc1ccccc1C(C)NC(=O)CCC(C)CN. The van der Waals surface area contributed by atoms with Gasteiger partial charge in [-0.15, -0.1) is 0 Å². The van der Waals surface area contributed by atoms with Crippen LogP contribution in [-0.4, -0.2) is 19.6 Å². The van der Waals surface area contributed by atoms with Gasteiger partial charge in [-0.2, -0.15) is 0 Å². The summed E-state index contributed by atoms with van der Waals surface area (Å²) in [6.07, 6.45) is 1.33. The summed E-state index contributed by atoms with van der Waals surface area (Å²) < 4.78 is 5.30. The minimum absolute atomic E-state index is 0.0544. The van der Waals surface area contributed by atoms with Crippen LogP contribution in [0.5, 0.6) is 5.75 Å². The van der Waals surface area contributed by atoms with Crippen molar-refractivity contribution in [3.8, 4) is 5.75 Å². The number of para-hydroxylation sites is 1. The van der Waals surface area contributed by atoms with Crippen molar-refractivity contribution in [1.29, 1.82) is 0 Å². The van der Waals surface area contributed by atoms with E-state index in [-0.39, 0.29) is 11.9 Å². The quantitative estimate of drug-likeness (QED) is 0.794. The molecular weight excluding hydrogens is 240 g/mol. The molecule has 2 atom stereocenters. The van der Waals surface area contributed by atoms with E-state index < -0.39 is 0 Å². The molecule has 106 valence electrons. The molecule has 0 spiro atoms. The Balaban J connectivity index is 2.54. The summed E-state index contributed by atoms with van der Waals surface area (Å²) in [5.41, 5.74) is 6.53. The molecule has 1 rings (SSSR count). The summed E-state index contributed by atoms with van der Waals surface area (Å²) in [5, 5.41) is 2.99. The minimum atomic E-state index is -0.0585. The Hall–Kier alpha value is -1.55. The molecule has 0 aliphatic heterocycles. The highest BCUT2D eigenvalue weighted by atomic mass is 16.5. The van der Waals surface area contributed by atoms with Gasteiger partial charge in [0.05, 0.1) is 13.2 Å². The molecule has 1 aromatic carbocycles. The summed E-state index contributed by atoms with van der Waals surface area (Å²) >= 11 is 0. The Bertz CT molecular complexity index is 407. The molecule has 1 amide bonds. The number of benzene rings is 1. The molecule has 0 aromatic heterocycles. The van der Waals surface area contributed by atoms with Gasteiger partial charge in [0.1, 0.15) is 5.75 Å². The van der Waals surface area contributed by atoms with Gasteiger partial charge >= 0.3 is 0 Å². The number of rotatable bonds is 7. The average molecular weight is 264 g/mol. The maximum Gasteiger partial charge on any atom is 0.220 e. The highest BCUT2D eigenvalue weighted by molar-refractivity contribution is 5.76. The molecular formula is C15H24N2O2. The number of nitrogens with two attached hydrogens (primary N) is 1. The lowest BCUT2D eigenvalue weighted by atomic mass is 10.0. The standard InChI is InChI=1S/C15H24N2O2/c1-11(10-16)8-9-15(18)17-12(2)13-6-4-5-7-14(13)19-3/h4-7,11-12H,8-10,16H2,1-3H3,(H,17,18). The average Bonchev–Trinajstić information content (AvgIpc) is 2.44. The van der Waals surface area contributed by atoms with Crippen LogP contribution in [0, 0.1) is 5.92 Å². The third-order valence-electron chi connectivity index (χ3n) is 3.25. The van der Waals surface area contributed by atoms with Crippen LogP contribution in [0.4, 0.5) is 0 Å². The van der Waals surface area contributed by atoms with Crippen LogP contribution < -0.4 is 15.8 Å². The van der Waals surface area contributed by atoms with Crippen LogP contribution in [0.25, 0.3) is 0 Å². The fourth-order valence-electron chi connectivity index (χ4n) is 1.91. The third-order valence-corrected chi connectivity index (χ3v) is 3.25. The van der Waals surface area contributed by atoms with E-state index in [9.17, 15) is 4.79 Å². The lowest BCUT2D eigenvalue weighted by Gasteiger charge is -2.17. The van der Waals surface area contributed by atoms with Crippen LogP contribution in [0.2, 0.25) is 0 Å². The molecule has 0 aliphatic rings. The van der Waals surface area contributed by atoms with Gasteiger partial charge in [0.25, 0.3) is 0 Å². The summed E-state index contributed by atoms with van der Waals surface area (Å²) in [6.45, 7) is 4.63.